The van der Waals surface area contributed by atoms with Crippen LogP contribution in [0.1, 0.15) is 39.0 Å². The number of carbonyl (C=O) groups excluding carboxylic acids is 1. The quantitative estimate of drug-likeness (QED) is 0.776. The first-order valence-corrected chi connectivity index (χ1v) is 9.01. The molecule has 0 heterocycles. The van der Waals surface area contributed by atoms with Crippen molar-refractivity contribution in [2.45, 2.75) is 50.4 Å². The molecule has 0 bridgehead atoms. The predicted octanol–water partition coefficient (Wildman–Crippen LogP) is 3.78. The van der Waals surface area contributed by atoms with E-state index in [9.17, 15) is 9.18 Å². The van der Waals surface area contributed by atoms with Crippen molar-refractivity contribution >= 4 is 17.7 Å². The molecule has 1 aromatic rings. The molecule has 2 rings (SSSR count). The molecule has 0 spiro atoms. The fraction of sp³-hybridized carbons (Fsp3) is 0.588. The minimum atomic E-state index is -0.579. The number of carbonyl (C=O) groups is 1. The molecule has 1 aliphatic carbocycles. The number of halogens is 1. The Morgan fingerprint density at radius 3 is 2.68 bits per heavy atom. The van der Waals surface area contributed by atoms with Crippen molar-refractivity contribution in [3.8, 4) is 5.75 Å². The van der Waals surface area contributed by atoms with Crippen LogP contribution < -0.4 is 10.1 Å². The van der Waals surface area contributed by atoms with Crippen molar-refractivity contribution in [2.75, 3.05) is 12.3 Å². The molecule has 1 N–H and O–H groups in total. The summed E-state index contributed by atoms with van der Waals surface area (Å²) in [6.07, 6.45) is 6.08. The Labute approximate surface area is 136 Å². The van der Waals surface area contributed by atoms with Crippen molar-refractivity contribution in [2.24, 2.45) is 0 Å². The molecular weight excluding hydrogens is 301 g/mol. The molecule has 0 unspecified atom stereocenters. The maximum Gasteiger partial charge on any atom is 0.260 e. The van der Waals surface area contributed by atoms with Gasteiger partial charge in [0.15, 0.2) is 6.10 Å². The Balaban J connectivity index is 1.62. The Morgan fingerprint density at radius 1 is 1.32 bits per heavy atom. The number of nitrogens with one attached hydrogen (secondary N) is 1. The molecule has 3 nitrogen and oxygen atoms in total. The van der Waals surface area contributed by atoms with Gasteiger partial charge in [-0.3, -0.25) is 4.79 Å². The third-order valence-corrected chi connectivity index (χ3v) is 5.19. The highest BCUT2D eigenvalue weighted by atomic mass is 32.2. The monoisotopic (exact) mass is 325 g/mol. The average Bonchev–Trinajstić information content (AvgIpc) is 2.54. The zero-order valence-corrected chi connectivity index (χ0v) is 13.8. The van der Waals surface area contributed by atoms with Gasteiger partial charge in [0, 0.05) is 17.5 Å². The maximum atomic E-state index is 12.8. The fourth-order valence-corrected chi connectivity index (χ4v) is 3.77. The summed E-state index contributed by atoms with van der Waals surface area (Å²) < 4.78 is 18.3. The molecule has 0 aliphatic heterocycles. The maximum absolute atomic E-state index is 12.8. The molecule has 1 aliphatic rings. The molecule has 122 valence electrons. The number of hydrogen-bond donors (Lipinski definition) is 1. The van der Waals surface area contributed by atoms with Crippen LogP contribution in [0.25, 0.3) is 0 Å². The highest BCUT2D eigenvalue weighted by molar-refractivity contribution is 7.99. The second kappa shape index (κ2) is 9.03. The summed E-state index contributed by atoms with van der Waals surface area (Å²) in [5.74, 6) is 0.998. The Morgan fingerprint density at radius 2 is 2.00 bits per heavy atom. The molecule has 22 heavy (non-hydrogen) atoms. The Kier molecular flexibility index (Phi) is 7.03. The third-order valence-electron chi connectivity index (χ3n) is 3.80. The molecular formula is C17H24FNO2S. The summed E-state index contributed by atoms with van der Waals surface area (Å²) in [5.41, 5.74) is 0. The summed E-state index contributed by atoms with van der Waals surface area (Å²) in [4.78, 5) is 11.9. The van der Waals surface area contributed by atoms with E-state index in [2.05, 4.69) is 5.32 Å². The summed E-state index contributed by atoms with van der Waals surface area (Å²) in [5, 5.41) is 3.66. The first-order chi connectivity index (χ1) is 10.6. The standard InChI is InChI=1S/C17H24FNO2S/c1-13(21-15-9-7-14(18)8-10-15)17(20)19-11-12-22-16-5-3-2-4-6-16/h7-10,13,16H,2-6,11-12H2,1H3,(H,19,20)/t13-/m0/s1. The molecule has 0 saturated heterocycles. The molecule has 1 fully saturated rings. The van der Waals surface area contributed by atoms with Gasteiger partial charge in [-0.15, -0.1) is 0 Å². The summed E-state index contributed by atoms with van der Waals surface area (Å²) in [6, 6.07) is 5.69. The van der Waals surface area contributed by atoms with Crippen LogP contribution in [0.15, 0.2) is 24.3 Å². The SMILES string of the molecule is C[C@H](Oc1ccc(F)cc1)C(=O)NCCSC1CCCCC1. The van der Waals surface area contributed by atoms with Crippen LogP contribution in [0.3, 0.4) is 0 Å². The normalized spacial score (nSPS) is 17.0. The van der Waals surface area contributed by atoms with E-state index in [0.29, 0.717) is 12.3 Å². The lowest BCUT2D eigenvalue weighted by molar-refractivity contribution is -0.127. The second-order valence-electron chi connectivity index (χ2n) is 5.64. The van der Waals surface area contributed by atoms with Crippen LogP contribution in [0.5, 0.6) is 5.75 Å². The van der Waals surface area contributed by atoms with Gasteiger partial charge in [0.1, 0.15) is 11.6 Å². The highest BCUT2D eigenvalue weighted by Crippen LogP contribution is 2.27. The molecule has 0 aromatic heterocycles. The Hall–Kier alpha value is -1.23. The van der Waals surface area contributed by atoms with E-state index in [4.69, 9.17) is 4.74 Å². The fourth-order valence-electron chi connectivity index (χ4n) is 2.55. The van der Waals surface area contributed by atoms with Gasteiger partial charge in [0.2, 0.25) is 0 Å². The topological polar surface area (TPSA) is 38.3 Å². The van der Waals surface area contributed by atoms with Gasteiger partial charge in [-0.2, -0.15) is 11.8 Å². The lowest BCUT2D eigenvalue weighted by Crippen LogP contribution is -2.37. The van der Waals surface area contributed by atoms with Gasteiger partial charge in [-0.25, -0.2) is 4.39 Å². The Bertz CT molecular complexity index is 460. The molecule has 5 heteroatoms. The summed E-state index contributed by atoms with van der Waals surface area (Å²) >= 11 is 1.96. The smallest absolute Gasteiger partial charge is 0.260 e. The lowest BCUT2D eigenvalue weighted by Gasteiger charge is -2.21. The average molecular weight is 325 g/mol. The minimum Gasteiger partial charge on any atom is -0.481 e. The van der Waals surface area contributed by atoms with Gasteiger partial charge >= 0.3 is 0 Å². The molecule has 1 amide bonds. The van der Waals surface area contributed by atoms with E-state index in [-0.39, 0.29) is 11.7 Å². The number of ether oxygens (including phenoxy) is 1. The number of amides is 1. The predicted molar refractivity (Wildman–Crippen MR) is 88.8 cm³/mol. The van der Waals surface area contributed by atoms with Gasteiger partial charge in [0.25, 0.3) is 5.91 Å². The third kappa shape index (κ3) is 5.87. The number of rotatable bonds is 7. The van der Waals surface area contributed by atoms with Crippen LogP contribution in [0.4, 0.5) is 4.39 Å². The second-order valence-corrected chi connectivity index (χ2v) is 7.04. The first kappa shape index (κ1) is 17.1. The van der Waals surface area contributed by atoms with E-state index in [1.165, 1.54) is 56.4 Å². The van der Waals surface area contributed by atoms with Crippen LogP contribution >= 0.6 is 11.8 Å². The molecule has 1 saturated carbocycles. The minimum absolute atomic E-state index is 0.131. The summed E-state index contributed by atoms with van der Waals surface area (Å²) in [6.45, 7) is 2.37. The van der Waals surface area contributed by atoms with E-state index < -0.39 is 6.10 Å². The number of thioether (sulfide) groups is 1. The molecule has 1 aromatic carbocycles. The summed E-state index contributed by atoms with van der Waals surface area (Å²) in [7, 11) is 0. The largest absolute Gasteiger partial charge is 0.481 e. The van der Waals surface area contributed by atoms with Crippen LogP contribution in [0.2, 0.25) is 0 Å². The van der Waals surface area contributed by atoms with E-state index in [1.54, 1.807) is 6.92 Å². The van der Waals surface area contributed by atoms with Gasteiger partial charge in [0.05, 0.1) is 0 Å². The zero-order valence-electron chi connectivity index (χ0n) is 13.0. The van der Waals surface area contributed by atoms with Gasteiger partial charge in [-0.05, 0) is 44.0 Å². The van der Waals surface area contributed by atoms with Crippen LogP contribution in [-0.2, 0) is 4.79 Å². The van der Waals surface area contributed by atoms with Gasteiger partial charge < -0.3 is 10.1 Å². The van der Waals surface area contributed by atoms with Crippen molar-refractivity contribution in [3.05, 3.63) is 30.1 Å². The molecule has 1 atom stereocenters. The lowest BCUT2D eigenvalue weighted by atomic mass is 10.0. The number of hydrogen-bond acceptors (Lipinski definition) is 3. The number of benzene rings is 1. The highest BCUT2D eigenvalue weighted by Gasteiger charge is 2.16. The van der Waals surface area contributed by atoms with E-state index in [0.717, 1.165) is 11.0 Å². The molecule has 0 radical (unpaired) electrons. The van der Waals surface area contributed by atoms with Crippen molar-refractivity contribution in [1.29, 1.82) is 0 Å². The van der Waals surface area contributed by atoms with E-state index in [1.807, 2.05) is 11.8 Å². The zero-order chi connectivity index (χ0) is 15.8. The van der Waals surface area contributed by atoms with E-state index >= 15 is 0 Å². The van der Waals surface area contributed by atoms with Crippen LogP contribution in [-0.4, -0.2) is 29.6 Å². The van der Waals surface area contributed by atoms with Crippen LogP contribution in [0, 0.1) is 5.82 Å². The first-order valence-electron chi connectivity index (χ1n) is 7.96. The van der Waals surface area contributed by atoms with Gasteiger partial charge in [-0.1, -0.05) is 19.3 Å². The van der Waals surface area contributed by atoms with Crippen molar-refractivity contribution in [3.63, 3.8) is 0 Å². The van der Waals surface area contributed by atoms with Crippen molar-refractivity contribution < 1.29 is 13.9 Å². The van der Waals surface area contributed by atoms with Crippen molar-refractivity contribution in [1.82, 2.24) is 5.32 Å².